The van der Waals surface area contributed by atoms with Crippen molar-refractivity contribution in [2.24, 2.45) is 5.92 Å². The molecule has 2 aliphatic heterocycles. The van der Waals surface area contributed by atoms with Gasteiger partial charge >= 0.3 is 6.03 Å². The second-order valence-electron chi connectivity index (χ2n) is 10.6. The zero-order chi connectivity index (χ0) is 22.9. The van der Waals surface area contributed by atoms with Crippen LogP contribution in [-0.4, -0.2) is 69.5 Å². The fraction of sp³-hybridized carbons (Fsp3) is 0.593. The molecule has 2 amide bonds. The van der Waals surface area contributed by atoms with Gasteiger partial charge in [0.05, 0.1) is 11.7 Å². The molecule has 0 spiro atoms. The highest BCUT2D eigenvalue weighted by Crippen LogP contribution is 2.38. The second kappa shape index (κ2) is 9.53. The van der Waals surface area contributed by atoms with E-state index in [1.165, 1.54) is 48.7 Å². The number of carbonyl (C=O) groups excluding carboxylic acids is 1. The van der Waals surface area contributed by atoms with E-state index in [0.717, 1.165) is 62.9 Å². The zero-order valence-corrected chi connectivity index (χ0v) is 20.0. The van der Waals surface area contributed by atoms with E-state index in [0.29, 0.717) is 11.8 Å². The number of nitrogens with zero attached hydrogens (tertiary/aromatic N) is 4. The maximum Gasteiger partial charge on any atom is 0.317 e. The molecule has 1 aliphatic carbocycles. The summed E-state index contributed by atoms with van der Waals surface area (Å²) < 4.78 is 0. The lowest BCUT2D eigenvalue weighted by Gasteiger charge is -2.36. The van der Waals surface area contributed by atoms with Crippen LogP contribution >= 0.6 is 0 Å². The number of rotatable bonds is 4. The minimum absolute atomic E-state index is 0.153. The molecule has 34 heavy (non-hydrogen) atoms. The predicted molar refractivity (Wildman–Crippen MR) is 135 cm³/mol. The van der Waals surface area contributed by atoms with Crippen LogP contribution in [0.25, 0.3) is 21.9 Å². The largest absolute Gasteiger partial charge is 0.360 e. The third kappa shape index (κ3) is 4.38. The maximum absolute atomic E-state index is 13.1. The first kappa shape index (κ1) is 21.8. The van der Waals surface area contributed by atoms with Gasteiger partial charge in [-0.15, -0.1) is 0 Å². The van der Waals surface area contributed by atoms with Crippen molar-refractivity contribution in [1.82, 2.24) is 30.1 Å². The summed E-state index contributed by atoms with van der Waals surface area (Å²) >= 11 is 0. The lowest BCUT2D eigenvalue weighted by molar-refractivity contribution is 0.142. The van der Waals surface area contributed by atoms with Crippen LogP contribution in [0.1, 0.15) is 62.8 Å². The molecule has 180 valence electrons. The summed E-state index contributed by atoms with van der Waals surface area (Å²) in [5, 5.41) is 5.77. The van der Waals surface area contributed by atoms with E-state index < -0.39 is 0 Å². The van der Waals surface area contributed by atoms with E-state index in [2.05, 4.69) is 36.1 Å². The van der Waals surface area contributed by atoms with Gasteiger partial charge in [-0.05, 0) is 87.9 Å². The molecule has 5 heterocycles. The zero-order valence-electron chi connectivity index (χ0n) is 20.0. The number of aromatic amines is 1. The number of carbonyl (C=O) groups is 1. The minimum atomic E-state index is 0.153. The molecular weight excluding hydrogens is 424 g/mol. The molecule has 7 nitrogen and oxygen atoms in total. The topological polar surface area (TPSA) is 77.1 Å². The normalized spacial score (nSPS) is 26.4. The van der Waals surface area contributed by atoms with Crippen molar-refractivity contribution in [2.45, 2.75) is 63.3 Å². The summed E-state index contributed by atoms with van der Waals surface area (Å²) in [6.45, 7) is 5.46. The molecular formula is C27H36N6O. The second-order valence-corrected chi connectivity index (χ2v) is 10.6. The number of fused-ring (bicyclic) bond motifs is 3. The fourth-order valence-corrected chi connectivity index (χ4v) is 6.52. The van der Waals surface area contributed by atoms with Gasteiger partial charge < -0.3 is 20.1 Å². The third-order valence-electron chi connectivity index (χ3n) is 8.33. The molecule has 3 aromatic rings. The van der Waals surface area contributed by atoms with E-state index >= 15 is 0 Å². The number of likely N-dealkylation sites (tertiary alicyclic amines) is 2. The van der Waals surface area contributed by atoms with Crippen molar-refractivity contribution in [3.05, 3.63) is 36.3 Å². The summed E-state index contributed by atoms with van der Waals surface area (Å²) in [6.07, 6.45) is 15.1. The van der Waals surface area contributed by atoms with Gasteiger partial charge in [0.2, 0.25) is 0 Å². The van der Waals surface area contributed by atoms with Crippen LogP contribution in [0, 0.1) is 5.92 Å². The standard InChI is InChI=1S/C27H36N6O/c34-27(33-14-4-5-19(18-33)17-32-12-1-2-13-32)31-21-9-7-20(8-10-21)23-15-29-26-25(23)22-6-3-11-28-24(22)16-30-26/h3,6,11,15-16,19-21,28H,1-2,4-5,7-10,12-14,17-18H2,(H,31,34). The Hall–Kier alpha value is -2.67. The number of amides is 2. The van der Waals surface area contributed by atoms with Crippen molar-refractivity contribution >= 4 is 28.0 Å². The van der Waals surface area contributed by atoms with Gasteiger partial charge in [-0.3, -0.25) is 0 Å². The van der Waals surface area contributed by atoms with Crippen molar-refractivity contribution in [2.75, 3.05) is 32.7 Å². The van der Waals surface area contributed by atoms with Gasteiger partial charge in [0.25, 0.3) is 0 Å². The molecule has 0 bridgehead atoms. The van der Waals surface area contributed by atoms with Crippen molar-refractivity contribution in [3.63, 3.8) is 0 Å². The van der Waals surface area contributed by atoms with Crippen LogP contribution < -0.4 is 5.32 Å². The monoisotopic (exact) mass is 460 g/mol. The lowest BCUT2D eigenvalue weighted by atomic mass is 9.81. The Morgan fingerprint density at radius 1 is 1.03 bits per heavy atom. The van der Waals surface area contributed by atoms with Gasteiger partial charge in [-0.25, -0.2) is 14.8 Å². The molecule has 6 rings (SSSR count). The number of H-pyrrole nitrogens is 1. The van der Waals surface area contributed by atoms with E-state index in [1.54, 1.807) is 0 Å². The molecule has 1 unspecified atom stereocenters. The Morgan fingerprint density at radius 3 is 2.71 bits per heavy atom. The summed E-state index contributed by atoms with van der Waals surface area (Å²) in [7, 11) is 0. The third-order valence-corrected chi connectivity index (χ3v) is 8.33. The number of piperidine rings is 1. The van der Waals surface area contributed by atoms with Crippen LogP contribution in [0.3, 0.4) is 0 Å². The number of nitrogens with one attached hydrogen (secondary N) is 2. The summed E-state index contributed by atoms with van der Waals surface area (Å²) in [5.74, 6) is 1.11. The Bertz CT molecular complexity index is 1140. The van der Waals surface area contributed by atoms with Gasteiger partial charge in [0.15, 0.2) is 5.65 Å². The lowest BCUT2D eigenvalue weighted by Crippen LogP contribution is -2.50. The van der Waals surface area contributed by atoms with Crippen molar-refractivity contribution in [1.29, 1.82) is 0 Å². The molecule has 0 radical (unpaired) electrons. The van der Waals surface area contributed by atoms with E-state index in [1.807, 2.05) is 24.7 Å². The molecule has 3 aromatic heterocycles. The predicted octanol–water partition coefficient (Wildman–Crippen LogP) is 4.65. The van der Waals surface area contributed by atoms with Crippen LogP contribution in [0.15, 0.2) is 30.7 Å². The number of hydrogen-bond donors (Lipinski definition) is 2. The molecule has 0 aromatic carbocycles. The van der Waals surface area contributed by atoms with Crippen molar-refractivity contribution in [3.8, 4) is 0 Å². The fourth-order valence-electron chi connectivity index (χ4n) is 6.52. The van der Waals surface area contributed by atoms with Gasteiger partial charge in [-0.1, -0.05) is 6.07 Å². The summed E-state index contributed by atoms with van der Waals surface area (Å²) in [5.41, 5.74) is 3.21. The molecule has 2 N–H and O–H groups in total. The molecule has 1 saturated carbocycles. The number of aromatic nitrogens is 3. The van der Waals surface area contributed by atoms with Gasteiger partial charge in [-0.2, -0.15) is 0 Å². The summed E-state index contributed by atoms with van der Waals surface area (Å²) in [4.78, 5) is 30.2. The quantitative estimate of drug-likeness (QED) is 0.594. The average Bonchev–Trinajstić information content (AvgIpc) is 3.55. The van der Waals surface area contributed by atoms with Crippen LogP contribution in [0.5, 0.6) is 0 Å². The number of urea groups is 1. The van der Waals surface area contributed by atoms with Crippen LogP contribution in [0.4, 0.5) is 4.79 Å². The SMILES string of the molecule is O=C(NC1CCC(c2cnc3ncc4[nH]cccc4c23)CC1)N1CCCC(CN2CCCC2)C1. The first-order valence-corrected chi connectivity index (χ1v) is 13.2. The van der Waals surface area contributed by atoms with Crippen LogP contribution in [0.2, 0.25) is 0 Å². The summed E-state index contributed by atoms with van der Waals surface area (Å²) in [6, 6.07) is 4.63. The first-order valence-electron chi connectivity index (χ1n) is 13.2. The molecule has 2 saturated heterocycles. The minimum Gasteiger partial charge on any atom is -0.360 e. The molecule has 3 fully saturated rings. The highest BCUT2D eigenvalue weighted by atomic mass is 16.2. The Labute approximate surface area is 201 Å². The van der Waals surface area contributed by atoms with Crippen LogP contribution in [-0.2, 0) is 0 Å². The molecule has 7 heteroatoms. The Morgan fingerprint density at radius 2 is 1.85 bits per heavy atom. The first-order chi connectivity index (χ1) is 16.7. The highest BCUT2D eigenvalue weighted by molar-refractivity contribution is 6.05. The van der Waals surface area contributed by atoms with Gasteiger partial charge in [0.1, 0.15) is 0 Å². The smallest absolute Gasteiger partial charge is 0.317 e. The number of hydrogen-bond acceptors (Lipinski definition) is 4. The van der Waals surface area contributed by atoms with Crippen molar-refractivity contribution < 1.29 is 4.79 Å². The maximum atomic E-state index is 13.1. The number of pyridine rings is 2. The Balaban J connectivity index is 1.06. The molecule has 1 atom stereocenters. The average molecular weight is 461 g/mol. The van der Waals surface area contributed by atoms with E-state index in [9.17, 15) is 4.79 Å². The van der Waals surface area contributed by atoms with E-state index in [-0.39, 0.29) is 12.1 Å². The van der Waals surface area contributed by atoms with Gasteiger partial charge in [0, 0.05) is 48.8 Å². The Kier molecular flexibility index (Phi) is 6.12. The van der Waals surface area contributed by atoms with E-state index in [4.69, 9.17) is 0 Å². The molecule has 3 aliphatic rings. The highest BCUT2D eigenvalue weighted by Gasteiger charge is 2.30.